The van der Waals surface area contributed by atoms with Gasteiger partial charge in [0.25, 0.3) is 0 Å². The van der Waals surface area contributed by atoms with Crippen molar-refractivity contribution >= 4 is 76.2 Å². The molecule has 0 atom stereocenters. The van der Waals surface area contributed by atoms with Crippen LogP contribution in [-0.2, 0) is 0 Å². The van der Waals surface area contributed by atoms with Gasteiger partial charge in [-0.2, -0.15) is 0 Å². The van der Waals surface area contributed by atoms with Crippen LogP contribution in [0.4, 0.5) is 0 Å². The number of benzene rings is 13. The number of nitrogens with zero attached hydrogens (tertiary/aromatic N) is 10. The fraction of sp³-hybridized carbons (Fsp3) is 0. The zero-order valence-electron chi connectivity index (χ0n) is 53.8. The fourth-order valence-corrected chi connectivity index (χ4v) is 13.4. The van der Waals surface area contributed by atoms with Crippen LogP contribution < -0.4 is 0 Å². The molecule has 100 heavy (non-hydrogen) atoms. The fourth-order valence-electron chi connectivity index (χ4n) is 13.4. The van der Waals surface area contributed by atoms with E-state index < -0.39 is 0 Å². The molecule has 0 aliphatic rings. The lowest BCUT2D eigenvalue weighted by Gasteiger charge is -2.13. The summed E-state index contributed by atoms with van der Waals surface area (Å²) in [6, 6.07) is 116. The summed E-state index contributed by atoms with van der Waals surface area (Å²) in [5.74, 6) is 3.83. The van der Waals surface area contributed by atoms with Crippen molar-refractivity contribution in [2.75, 3.05) is 0 Å². The van der Waals surface area contributed by atoms with E-state index in [9.17, 15) is 0 Å². The molecule has 10 nitrogen and oxygen atoms in total. The Hall–Kier alpha value is -13.7. The molecule has 0 spiro atoms. The molecule has 0 aliphatic heterocycles. The lowest BCUT2D eigenvalue weighted by Crippen LogP contribution is -2.00. The Morgan fingerprint density at radius 3 is 0.830 bits per heavy atom. The van der Waals surface area contributed by atoms with Crippen LogP contribution in [0.5, 0.6) is 0 Å². The summed E-state index contributed by atoms with van der Waals surface area (Å²) < 4.78 is 0. The molecule has 0 aliphatic carbocycles. The molecular formula is C90H56N10. The molecule has 19 rings (SSSR count). The van der Waals surface area contributed by atoms with E-state index >= 15 is 0 Å². The van der Waals surface area contributed by atoms with Crippen molar-refractivity contribution in [3.05, 3.63) is 340 Å². The van der Waals surface area contributed by atoms with Gasteiger partial charge in [0, 0.05) is 88.0 Å². The molecule has 0 radical (unpaired) electrons. The van der Waals surface area contributed by atoms with Crippen molar-refractivity contribution in [1.29, 1.82) is 0 Å². The quantitative estimate of drug-likeness (QED) is 0.0964. The summed E-state index contributed by atoms with van der Waals surface area (Å²) in [5, 5.41) is 8.76. The molecule has 10 heteroatoms. The van der Waals surface area contributed by atoms with Gasteiger partial charge in [0.05, 0.1) is 44.5 Å². The van der Waals surface area contributed by atoms with Crippen LogP contribution in [0.1, 0.15) is 0 Å². The van der Waals surface area contributed by atoms with E-state index in [-0.39, 0.29) is 0 Å². The molecule has 0 bridgehead atoms. The third-order valence-corrected chi connectivity index (χ3v) is 18.4. The first-order valence-corrected chi connectivity index (χ1v) is 33.3. The second kappa shape index (κ2) is 25.5. The van der Waals surface area contributed by atoms with E-state index in [1.54, 1.807) is 0 Å². The second-order valence-corrected chi connectivity index (χ2v) is 24.6. The van der Waals surface area contributed by atoms with Crippen molar-refractivity contribution in [2.24, 2.45) is 0 Å². The van der Waals surface area contributed by atoms with Gasteiger partial charge in [0.1, 0.15) is 0 Å². The maximum absolute atomic E-state index is 5.27. The summed E-state index contributed by atoms with van der Waals surface area (Å²) in [4.78, 5) is 50.2. The smallest absolute Gasteiger partial charge is 0.164 e. The Kier molecular flexibility index (Phi) is 15.0. The van der Waals surface area contributed by atoms with Crippen LogP contribution >= 0.6 is 0 Å². The van der Waals surface area contributed by atoms with Crippen LogP contribution in [0, 0.1) is 0 Å². The average molecular weight is 1280 g/mol. The third-order valence-electron chi connectivity index (χ3n) is 18.4. The minimum Gasteiger partial charge on any atom is -0.245 e. The molecule has 19 aromatic rings. The molecule has 0 amide bonds. The number of aromatic nitrogens is 10. The lowest BCUT2D eigenvalue weighted by molar-refractivity contribution is 1.07. The lowest BCUT2D eigenvalue weighted by atomic mass is 9.95. The Morgan fingerprint density at radius 1 is 0.150 bits per heavy atom. The molecule has 0 fully saturated rings. The first kappa shape index (κ1) is 58.8. The summed E-state index contributed by atoms with van der Waals surface area (Å²) in [7, 11) is 0. The van der Waals surface area contributed by atoms with E-state index in [0.29, 0.717) is 34.9 Å². The predicted octanol–water partition coefficient (Wildman–Crippen LogP) is 22.1. The van der Waals surface area contributed by atoms with E-state index in [0.717, 1.165) is 138 Å². The second-order valence-electron chi connectivity index (χ2n) is 24.6. The predicted molar refractivity (Wildman–Crippen MR) is 408 cm³/mol. The number of pyridine rings is 4. The van der Waals surface area contributed by atoms with E-state index in [1.807, 2.05) is 133 Å². The zero-order chi connectivity index (χ0) is 66.3. The number of fused-ring (bicyclic) bond motifs is 9. The standard InChI is InChI=1S/C47H29N5.C43H27N5/c1-4-12-30(13-5-1)42-38-18-10-11-19-41(38)49-44-39(42)26-24-31-25-27-40(48-43(31)44)36-22-20-35-29-37(23-21-34(35)28-36)47-51-45(32-14-6-2-7-15-32)50-46(52-47)33-16-8-3-9-17-33;1-4-12-29(13-5-1)38-34-18-10-11-19-37(34)45-40-35(38)26-24-30-25-27-36(44-39(30)40)28-20-22-33(23-21-28)43-47-41(31-14-6-2-7-15-31)46-42(48-43)32-16-8-3-9-17-32/h1-29H;1-27H. The van der Waals surface area contributed by atoms with E-state index in [2.05, 4.69) is 206 Å². The molecule has 6 aromatic heterocycles. The van der Waals surface area contributed by atoms with Crippen molar-refractivity contribution in [3.63, 3.8) is 0 Å². The molecule has 13 aromatic carbocycles. The van der Waals surface area contributed by atoms with Crippen molar-refractivity contribution in [3.8, 4) is 113 Å². The van der Waals surface area contributed by atoms with Gasteiger partial charge < -0.3 is 0 Å². The van der Waals surface area contributed by atoms with Gasteiger partial charge in [0.15, 0.2) is 34.9 Å². The molecule has 0 saturated heterocycles. The van der Waals surface area contributed by atoms with Crippen LogP contribution in [-0.4, -0.2) is 49.8 Å². The van der Waals surface area contributed by atoms with E-state index in [4.69, 9.17) is 49.8 Å². The first-order valence-electron chi connectivity index (χ1n) is 33.3. The maximum Gasteiger partial charge on any atom is 0.164 e. The van der Waals surface area contributed by atoms with Crippen LogP contribution in [0.2, 0.25) is 0 Å². The average Bonchev–Trinajstić information content (AvgIpc) is 0.750. The number of para-hydroxylation sites is 2. The molecular weight excluding hydrogens is 1220 g/mol. The molecule has 0 N–H and O–H groups in total. The number of hydrogen-bond acceptors (Lipinski definition) is 10. The Bertz CT molecular complexity index is 6190. The monoisotopic (exact) mass is 1280 g/mol. The van der Waals surface area contributed by atoms with Crippen molar-refractivity contribution < 1.29 is 0 Å². The highest BCUT2D eigenvalue weighted by atomic mass is 15.0. The first-order chi connectivity index (χ1) is 49.5. The largest absolute Gasteiger partial charge is 0.245 e. The summed E-state index contributed by atoms with van der Waals surface area (Å²) in [5.41, 5.74) is 19.6. The Balaban J connectivity index is 0.000000145. The van der Waals surface area contributed by atoms with Gasteiger partial charge in [-0.3, -0.25) is 0 Å². The highest BCUT2D eigenvalue weighted by Crippen LogP contribution is 2.41. The Labute approximate surface area is 575 Å². The molecule has 466 valence electrons. The van der Waals surface area contributed by atoms with Crippen molar-refractivity contribution in [1.82, 2.24) is 49.8 Å². The van der Waals surface area contributed by atoms with E-state index in [1.165, 1.54) is 16.7 Å². The van der Waals surface area contributed by atoms with Gasteiger partial charge >= 0.3 is 0 Å². The number of hydrogen-bond donors (Lipinski definition) is 0. The van der Waals surface area contributed by atoms with Gasteiger partial charge in [-0.25, -0.2) is 49.8 Å². The number of rotatable bonds is 10. The normalized spacial score (nSPS) is 11.4. The molecule has 6 heterocycles. The van der Waals surface area contributed by atoms with Gasteiger partial charge in [0.2, 0.25) is 0 Å². The minimum absolute atomic E-state index is 0.622. The summed E-state index contributed by atoms with van der Waals surface area (Å²) in [6.07, 6.45) is 0. The highest BCUT2D eigenvalue weighted by Gasteiger charge is 2.20. The summed E-state index contributed by atoms with van der Waals surface area (Å²) in [6.45, 7) is 0. The molecule has 0 unspecified atom stereocenters. The van der Waals surface area contributed by atoms with Crippen LogP contribution in [0.3, 0.4) is 0 Å². The zero-order valence-corrected chi connectivity index (χ0v) is 53.8. The highest BCUT2D eigenvalue weighted by molar-refractivity contribution is 6.17. The third kappa shape index (κ3) is 11.2. The van der Waals surface area contributed by atoms with Gasteiger partial charge in [-0.15, -0.1) is 0 Å². The van der Waals surface area contributed by atoms with Gasteiger partial charge in [-0.1, -0.05) is 303 Å². The topological polar surface area (TPSA) is 129 Å². The van der Waals surface area contributed by atoms with Crippen LogP contribution in [0.15, 0.2) is 340 Å². The van der Waals surface area contributed by atoms with Crippen molar-refractivity contribution in [2.45, 2.75) is 0 Å². The van der Waals surface area contributed by atoms with Crippen LogP contribution in [0.25, 0.3) is 189 Å². The Morgan fingerprint density at radius 2 is 0.430 bits per heavy atom. The minimum atomic E-state index is 0.622. The van der Waals surface area contributed by atoms with Gasteiger partial charge in [-0.05, 0) is 58.3 Å². The molecule has 0 saturated carbocycles. The SMILES string of the molecule is c1ccc(-c2nc(-c3ccccc3)nc(-c3ccc(-c4ccc5ccc6c(-c7ccccc7)c7ccccc7nc6c5n4)cc3)n2)cc1.c1ccc(-c2nc(-c3ccccc3)nc(-c3ccc4cc(-c5ccc6ccc7c(-c8ccccc8)c8ccccc8nc7c6n5)ccc4c3)n2)cc1. The summed E-state index contributed by atoms with van der Waals surface area (Å²) >= 11 is 0. The maximum atomic E-state index is 5.27.